The summed E-state index contributed by atoms with van der Waals surface area (Å²) >= 11 is 3.29. The zero-order valence-corrected chi connectivity index (χ0v) is 11.4. The summed E-state index contributed by atoms with van der Waals surface area (Å²) in [7, 11) is 0. The van der Waals surface area contributed by atoms with Crippen LogP contribution in [0.3, 0.4) is 0 Å². The van der Waals surface area contributed by atoms with E-state index in [1.54, 1.807) is 24.3 Å². The number of hydrogen-bond acceptors (Lipinski definition) is 2. The Morgan fingerprint density at radius 1 is 1.26 bits per heavy atom. The minimum atomic E-state index is -1.01. The molecule has 0 aromatic heterocycles. The lowest BCUT2D eigenvalue weighted by molar-refractivity contribution is 0.0698. The fourth-order valence-corrected chi connectivity index (χ4v) is 2.05. The van der Waals surface area contributed by atoms with Crippen molar-refractivity contribution in [1.82, 2.24) is 0 Å². The maximum absolute atomic E-state index is 13.0. The van der Waals surface area contributed by atoms with Gasteiger partial charge in [0.15, 0.2) is 0 Å². The molecule has 3 nitrogen and oxygen atoms in total. The van der Waals surface area contributed by atoms with Crippen LogP contribution in [0.1, 0.15) is 15.9 Å². The van der Waals surface area contributed by atoms with Gasteiger partial charge in [0.1, 0.15) is 5.82 Å². The van der Waals surface area contributed by atoms with Gasteiger partial charge < -0.3 is 10.4 Å². The molecule has 0 amide bonds. The lowest BCUT2D eigenvalue weighted by atomic mass is 10.1. The average molecular weight is 324 g/mol. The van der Waals surface area contributed by atoms with Crippen molar-refractivity contribution in [3.05, 3.63) is 63.9 Å². The van der Waals surface area contributed by atoms with E-state index >= 15 is 0 Å². The Morgan fingerprint density at radius 3 is 2.74 bits per heavy atom. The molecule has 2 N–H and O–H groups in total. The van der Waals surface area contributed by atoms with Crippen LogP contribution in [-0.4, -0.2) is 11.1 Å². The number of carboxylic acid groups (broad SMARTS) is 1. The first-order valence-corrected chi connectivity index (χ1v) is 6.37. The second-order valence-corrected chi connectivity index (χ2v) is 4.89. The molecule has 2 aromatic carbocycles. The summed E-state index contributed by atoms with van der Waals surface area (Å²) in [5.74, 6) is -1.32. The Hall–Kier alpha value is -1.88. The molecule has 2 rings (SSSR count). The lowest BCUT2D eigenvalue weighted by Crippen LogP contribution is -2.06. The van der Waals surface area contributed by atoms with Crippen LogP contribution in [0.25, 0.3) is 0 Å². The molecule has 0 spiro atoms. The second kappa shape index (κ2) is 5.84. The minimum Gasteiger partial charge on any atom is -0.478 e. The van der Waals surface area contributed by atoms with E-state index < -0.39 is 5.97 Å². The van der Waals surface area contributed by atoms with Gasteiger partial charge in [-0.25, -0.2) is 9.18 Å². The Morgan fingerprint density at radius 2 is 2.05 bits per heavy atom. The fourth-order valence-electron chi connectivity index (χ4n) is 1.69. The van der Waals surface area contributed by atoms with Gasteiger partial charge in [-0.15, -0.1) is 0 Å². The van der Waals surface area contributed by atoms with E-state index in [4.69, 9.17) is 5.11 Å². The molecule has 0 unspecified atom stereocenters. The normalized spacial score (nSPS) is 10.2. The largest absolute Gasteiger partial charge is 0.478 e. The molecule has 2 aromatic rings. The van der Waals surface area contributed by atoms with E-state index in [9.17, 15) is 9.18 Å². The van der Waals surface area contributed by atoms with Gasteiger partial charge in [-0.3, -0.25) is 0 Å². The van der Waals surface area contributed by atoms with Crippen molar-refractivity contribution >= 4 is 27.6 Å². The van der Waals surface area contributed by atoms with Crippen LogP contribution in [0.2, 0.25) is 0 Å². The van der Waals surface area contributed by atoms with E-state index in [0.717, 1.165) is 10.0 Å². The summed E-state index contributed by atoms with van der Waals surface area (Å²) in [6.07, 6.45) is 0. The van der Waals surface area contributed by atoms with Gasteiger partial charge in [0.2, 0.25) is 0 Å². The highest BCUT2D eigenvalue weighted by molar-refractivity contribution is 9.10. The number of anilines is 1. The molecule has 0 aliphatic rings. The summed E-state index contributed by atoms with van der Waals surface area (Å²) < 4.78 is 13.8. The van der Waals surface area contributed by atoms with Gasteiger partial charge in [0.05, 0.1) is 11.3 Å². The number of aromatic carboxylic acids is 1. The SMILES string of the molecule is O=C(O)c1ccc(Br)cc1NCc1cccc(F)c1. The molecule has 98 valence electrons. The molecule has 0 atom stereocenters. The first-order chi connectivity index (χ1) is 9.06. The first kappa shape index (κ1) is 13.5. The predicted octanol–water partition coefficient (Wildman–Crippen LogP) is 3.90. The molecule has 0 saturated heterocycles. The first-order valence-electron chi connectivity index (χ1n) is 5.57. The van der Waals surface area contributed by atoms with E-state index in [-0.39, 0.29) is 11.4 Å². The standard InChI is InChI=1S/C14H11BrFNO2/c15-10-4-5-12(14(18)19)13(7-10)17-8-9-2-1-3-11(16)6-9/h1-7,17H,8H2,(H,18,19). The summed E-state index contributed by atoms with van der Waals surface area (Å²) in [6, 6.07) is 11.0. The summed E-state index contributed by atoms with van der Waals surface area (Å²) in [5.41, 5.74) is 1.42. The van der Waals surface area contributed by atoms with Crippen LogP contribution >= 0.6 is 15.9 Å². The van der Waals surface area contributed by atoms with E-state index in [1.807, 2.05) is 0 Å². The molecule has 5 heteroatoms. The van der Waals surface area contributed by atoms with Gasteiger partial charge in [-0.1, -0.05) is 28.1 Å². The van der Waals surface area contributed by atoms with Crippen molar-refractivity contribution in [3.8, 4) is 0 Å². The highest BCUT2D eigenvalue weighted by Crippen LogP contribution is 2.22. The van der Waals surface area contributed by atoms with Gasteiger partial charge in [0, 0.05) is 11.0 Å². The molecule has 19 heavy (non-hydrogen) atoms. The van der Waals surface area contributed by atoms with Crippen LogP contribution in [0, 0.1) is 5.82 Å². The molecule has 0 aliphatic heterocycles. The number of carboxylic acids is 1. The summed E-state index contributed by atoms with van der Waals surface area (Å²) in [4.78, 5) is 11.1. The van der Waals surface area contributed by atoms with Gasteiger partial charge in [-0.05, 0) is 35.9 Å². The molecule has 0 bridgehead atoms. The maximum atomic E-state index is 13.0. The highest BCUT2D eigenvalue weighted by atomic mass is 79.9. The number of halogens is 2. The average Bonchev–Trinajstić information content (AvgIpc) is 2.36. The minimum absolute atomic E-state index is 0.180. The number of benzene rings is 2. The number of carbonyl (C=O) groups is 1. The third-order valence-corrected chi connectivity index (χ3v) is 3.08. The molecule has 0 saturated carbocycles. The monoisotopic (exact) mass is 323 g/mol. The lowest BCUT2D eigenvalue weighted by Gasteiger charge is -2.10. The second-order valence-electron chi connectivity index (χ2n) is 3.98. The maximum Gasteiger partial charge on any atom is 0.337 e. The fraction of sp³-hybridized carbons (Fsp3) is 0.0714. The predicted molar refractivity (Wildman–Crippen MR) is 74.8 cm³/mol. The Balaban J connectivity index is 2.19. The third-order valence-electron chi connectivity index (χ3n) is 2.58. The molecular weight excluding hydrogens is 313 g/mol. The number of hydrogen-bond donors (Lipinski definition) is 2. The Kier molecular flexibility index (Phi) is 4.16. The summed E-state index contributed by atoms with van der Waals surface area (Å²) in [6.45, 7) is 0.356. The van der Waals surface area contributed by atoms with Crippen molar-refractivity contribution < 1.29 is 14.3 Å². The Bertz CT molecular complexity index is 616. The highest BCUT2D eigenvalue weighted by Gasteiger charge is 2.10. The number of nitrogens with one attached hydrogen (secondary N) is 1. The van der Waals surface area contributed by atoms with Crippen molar-refractivity contribution in [2.45, 2.75) is 6.54 Å². The topological polar surface area (TPSA) is 49.3 Å². The molecule has 0 aliphatic carbocycles. The van der Waals surface area contributed by atoms with E-state index in [0.29, 0.717) is 12.2 Å². The smallest absolute Gasteiger partial charge is 0.337 e. The molecule has 0 fully saturated rings. The van der Waals surface area contributed by atoms with E-state index in [2.05, 4.69) is 21.2 Å². The van der Waals surface area contributed by atoms with Crippen molar-refractivity contribution in [1.29, 1.82) is 0 Å². The van der Waals surface area contributed by atoms with Crippen molar-refractivity contribution in [3.63, 3.8) is 0 Å². The molecule has 0 radical (unpaired) electrons. The molecule has 0 heterocycles. The van der Waals surface area contributed by atoms with Gasteiger partial charge in [-0.2, -0.15) is 0 Å². The third kappa shape index (κ3) is 3.54. The van der Waals surface area contributed by atoms with Crippen molar-refractivity contribution in [2.24, 2.45) is 0 Å². The zero-order chi connectivity index (χ0) is 13.8. The summed E-state index contributed by atoms with van der Waals surface area (Å²) in [5, 5.41) is 12.1. The van der Waals surface area contributed by atoms with Crippen LogP contribution in [0.5, 0.6) is 0 Å². The van der Waals surface area contributed by atoms with Crippen LogP contribution in [0.15, 0.2) is 46.9 Å². The van der Waals surface area contributed by atoms with Gasteiger partial charge >= 0.3 is 5.97 Å². The van der Waals surface area contributed by atoms with Crippen LogP contribution in [0.4, 0.5) is 10.1 Å². The molecular formula is C14H11BrFNO2. The zero-order valence-electron chi connectivity index (χ0n) is 9.86. The van der Waals surface area contributed by atoms with Crippen LogP contribution < -0.4 is 5.32 Å². The van der Waals surface area contributed by atoms with Crippen LogP contribution in [-0.2, 0) is 6.54 Å². The Labute approximate surface area is 118 Å². The van der Waals surface area contributed by atoms with Crippen molar-refractivity contribution in [2.75, 3.05) is 5.32 Å². The van der Waals surface area contributed by atoms with E-state index in [1.165, 1.54) is 18.2 Å². The number of rotatable bonds is 4. The van der Waals surface area contributed by atoms with Gasteiger partial charge in [0.25, 0.3) is 0 Å². The quantitative estimate of drug-likeness (QED) is 0.897.